The molecule has 1 unspecified atom stereocenters. The molecule has 1 rings (SSSR count). The fraction of sp³-hybridized carbons (Fsp3) is 0.538. The van der Waals surface area contributed by atoms with Crippen LogP contribution >= 0.6 is 0 Å². The summed E-state index contributed by atoms with van der Waals surface area (Å²) in [5, 5.41) is 2.87. The Bertz CT molecular complexity index is 376. The van der Waals surface area contributed by atoms with Crippen LogP contribution in [0.1, 0.15) is 19.4 Å². The van der Waals surface area contributed by atoms with E-state index >= 15 is 0 Å². The molecular formula is C13H21N3O2. The molecule has 1 aromatic rings. The summed E-state index contributed by atoms with van der Waals surface area (Å²) in [4.78, 5) is 16.0. The third-order valence-electron chi connectivity index (χ3n) is 2.58. The Morgan fingerprint density at radius 1 is 1.50 bits per heavy atom. The Morgan fingerprint density at radius 2 is 2.22 bits per heavy atom. The molecule has 0 aliphatic heterocycles. The van der Waals surface area contributed by atoms with Crippen molar-refractivity contribution < 1.29 is 9.53 Å². The van der Waals surface area contributed by atoms with Crippen LogP contribution in [-0.4, -0.2) is 30.6 Å². The van der Waals surface area contributed by atoms with Crippen molar-refractivity contribution in [3.05, 3.63) is 23.9 Å². The van der Waals surface area contributed by atoms with Crippen molar-refractivity contribution in [2.45, 2.75) is 26.3 Å². The minimum Gasteiger partial charge on any atom is -0.481 e. The van der Waals surface area contributed by atoms with E-state index in [1.807, 2.05) is 19.9 Å². The highest BCUT2D eigenvalue weighted by atomic mass is 16.5. The Balaban J connectivity index is 2.64. The van der Waals surface area contributed by atoms with E-state index in [9.17, 15) is 4.79 Å². The second kappa shape index (κ2) is 6.96. The lowest BCUT2D eigenvalue weighted by molar-refractivity contribution is -0.125. The molecule has 0 radical (unpaired) electrons. The molecule has 0 fully saturated rings. The fourth-order valence-electron chi connectivity index (χ4n) is 1.62. The van der Waals surface area contributed by atoms with E-state index < -0.39 is 0 Å². The molecule has 1 aromatic heterocycles. The van der Waals surface area contributed by atoms with Gasteiger partial charge in [0, 0.05) is 24.8 Å². The normalized spacial score (nSPS) is 12.3. The van der Waals surface area contributed by atoms with Crippen LogP contribution in [-0.2, 0) is 11.2 Å². The lowest BCUT2D eigenvalue weighted by Gasteiger charge is -2.16. The number of nitrogens with two attached hydrogens (primary N) is 1. The molecule has 3 N–H and O–H groups in total. The van der Waals surface area contributed by atoms with Gasteiger partial charge in [0.1, 0.15) is 0 Å². The third-order valence-corrected chi connectivity index (χ3v) is 2.58. The molecule has 100 valence electrons. The molecular weight excluding hydrogens is 230 g/mol. The lowest BCUT2D eigenvalue weighted by Crippen LogP contribution is -2.39. The summed E-state index contributed by atoms with van der Waals surface area (Å²) < 4.78 is 4.99. The van der Waals surface area contributed by atoms with Gasteiger partial charge in [-0.1, -0.05) is 6.07 Å². The summed E-state index contributed by atoms with van der Waals surface area (Å²) in [5.41, 5.74) is 6.62. The molecule has 5 nitrogen and oxygen atoms in total. The Hall–Kier alpha value is -1.62. The largest absolute Gasteiger partial charge is 0.481 e. The van der Waals surface area contributed by atoms with Crippen LogP contribution < -0.4 is 15.8 Å². The number of ether oxygens (including phenoxy) is 1. The van der Waals surface area contributed by atoms with Crippen LogP contribution in [0, 0.1) is 5.92 Å². The van der Waals surface area contributed by atoms with Crippen molar-refractivity contribution in [3.8, 4) is 5.88 Å². The number of methoxy groups -OCH3 is 1. The highest BCUT2D eigenvalue weighted by Crippen LogP contribution is 2.11. The van der Waals surface area contributed by atoms with Crippen LogP contribution in [0.2, 0.25) is 0 Å². The molecule has 0 saturated carbocycles. The summed E-state index contributed by atoms with van der Waals surface area (Å²) in [5.74, 6) is 0.334. The van der Waals surface area contributed by atoms with Crippen molar-refractivity contribution >= 4 is 5.91 Å². The predicted molar refractivity (Wildman–Crippen MR) is 70.3 cm³/mol. The molecule has 0 spiro atoms. The number of nitrogens with zero attached hydrogens (tertiary/aromatic N) is 1. The van der Waals surface area contributed by atoms with Crippen molar-refractivity contribution in [3.63, 3.8) is 0 Å². The van der Waals surface area contributed by atoms with E-state index in [-0.39, 0.29) is 17.9 Å². The zero-order chi connectivity index (χ0) is 13.5. The number of nitrogens with one attached hydrogen (secondary N) is 1. The van der Waals surface area contributed by atoms with Gasteiger partial charge >= 0.3 is 0 Å². The maximum atomic E-state index is 11.9. The minimum absolute atomic E-state index is 0.0108. The number of aromatic nitrogens is 1. The van der Waals surface area contributed by atoms with E-state index in [2.05, 4.69) is 10.3 Å². The molecule has 1 heterocycles. The van der Waals surface area contributed by atoms with Gasteiger partial charge in [-0.15, -0.1) is 0 Å². The van der Waals surface area contributed by atoms with Gasteiger partial charge in [-0.05, 0) is 25.8 Å². The van der Waals surface area contributed by atoms with Gasteiger partial charge in [0.05, 0.1) is 13.0 Å². The first-order chi connectivity index (χ1) is 8.56. The van der Waals surface area contributed by atoms with E-state index in [1.165, 1.54) is 0 Å². The average molecular weight is 251 g/mol. The second-order valence-electron chi connectivity index (χ2n) is 4.51. The van der Waals surface area contributed by atoms with E-state index in [0.717, 1.165) is 5.56 Å². The monoisotopic (exact) mass is 251 g/mol. The van der Waals surface area contributed by atoms with Crippen LogP contribution in [0.25, 0.3) is 0 Å². The highest BCUT2D eigenvalue weighted by Gasteiger charge is 2.18. The molecule has 18 heavy (non-hydrogen) atoms. The maximum absolute atomic E-state index is 11.9. The van der Waals surface area contributed by atoms with Gasteiger partial charge in [0.25, 0.3) is 0 Å². The van der Waals surface area contributed by atoms with Gasteiger partial charge in [-0.25, -0.2) is 4.98 Å². The average Bonchev–Trinajstić information content (AvgIpc) is 2.35. The number of hydrogen-bond acceptors (Lipinski definition) is 4. The van der Waals surface area contributed by atoms with E-state index in [1.54, 1.807) is 19.4 Å². The molecule has 1 atom stereocenters. The van der Waals surface area contributed by atoms with Gasteiger partial charge in [0.15, 0.2) is 0 Å². The summed E-state index contributed by atoms with van der Waals surface area (Å²) in [6.45, 7) is 4.19. The molecule has 0 aliphatic carbocycles. The van der Waals surface area contributed by atoms with E-state index in [0.29, 0.717) is 18.8 Å². The predicted octanol–water partition coefficient (Wildman–Crippen LogP) is 0.732. The SMILES string of the molecule is COc1ccc(CC(CN)C(=O)NC(C)C)cn1. The zero-order valence-corrected chi connectivity index (χ0v) is 11.1. The van der Waals surface area contributed by atoms with Gasteiger partial charge in [0.2, 0.25) is 11.8 Å². The molecule has 1 amide bonds. The van der Waals surface area contributed by atoms with Crippen molar-refractivity contribution in [1.29, 1.82) is 0 Å². The van der Waals surface area contributed by atoms with Gasteiger partial charge in [-0.2, -0.15) is 0 Å². The first kappa shape index (κ1) is 14.4. The number of pyridine rings is 1. The molecule has 0 aliphatic rings. The number of carbonyl (C=O) groups excluding carboxylic acids is 1. The van der Waals surface area contributed by atoms with Crippen molar-refractivity contribution in [2.24, 2.45) is 11.7 Å². The topological polar surface area (TPSA) is 77.2 Å². The second-order valence-corrected chi connectivity index (χ2v) is 4.51. The highest BCUT2D eigenvalue weighted by molar-refractivity contribution is 5.79. The van der Waals surface area contributed by atoms with Crippen LogP contribution in [0.3, 0.4) is 0 Å². The first-order valence-corrected chi connectivity index (χ1v) is 6.06. The minimum atomic E-state index is -0.220. The number of amides is 1. The Morgan fingerprint density at radius 3 is 2.67 bits per heavy atom. The lowest BCUT2D eigenvalue weighted by atomic mass is 9.99. The Labute approximate surface area is 108 Å². The maximum Gasteiger partial charge on any atom is 0.224 e. The number of rotatable bonds is 6. The third kappa shape index (κ3) is 4.33. The zero-order valence-electron chi connectivity index (χ0n) is 11.1. The molecule has 0 saturated heterocycles. The number of hydrogen-bond donors (Lipinski definition) is 2. The Kier molecular flexibility index (Phi) is 5.58. The number of carbonyl (C=O) groups is 1. The summed E-state index contributed by atoms with van der Waals surface area (Å²) in [7, 11) is 1.57. The fourth-order valence-corrected chi connectivity index (χ4v) is 1.62. The van der Waals surface area contributed by atoms with Gasteiger partial charge < -0.3 is 15.8 Å². The summed E-state index contributed by atoms with van der Waals surface area (Å²) >= 11 is 0. The molecule has 0 bridgehead atoms. The quantitative estimate of drug-likeness (QED) is 0.781. The van der Waals surface area contributed by atoms with Crippen LogP contribution in [0.4, 0.5) is 0 Å². The summed E-state index contributed by atoms with van der Waals surface area (Å²) in [6, 6.07) is 3.81. The first-order valence-electron chi connectivity index (χ1n) is 6.06. The molecule has 0 aromatic carbocycles. The van der Waals surface area contributed by atoms with Gasteiger partial charge in [-0.3, -0.25) is 4.79 Å². The standard InChI is InChI=1S/C13H21N3O2/c1-9(2)16-13(17)11(7-14)6-10-4-5-12(18-3)15-8-10/h4-5,8-9,11H,6-7,14H2,1-3H3,(H,16,17). The smallest absolute Gasteiger partial charge is 0.224 e. The van der Waals surface area contributed by atoms with Crippen LogP contribution in [0.5, 0.6) is 5.88 Å². The van der Waals surface area contributed by atoms with Crippen molar-refractivity contribution in [1.82, 2.24) is 10.3 Å². The van der Waals surface area contributed by atoms with E-state index in [4.69, 9.17) is 10.5 Å². The van der Waals surface area contributed by atoms with Crippen molar-refractivity contribution in [2.75, 3.05) is 13.7 Å². The molecule has 5 heteroatoms. The summed E-state index contributed by atoms with van der Waals surface area (Å²) in [6.07, 6.45) is 2.30. The van der Waals surface area contributed by atoms with Crippen LogP contribution in [0.15, 0.2) is 18.3 Å².